The van der Waals surface area contributed by atoms with Gasteiger partial charge in [-0.1, -0.05) is 72.8 Å². The first-order chi connectivity index (χ1) is 30.1. The lowest BCUT2D eigenvalue weighted by atomic mass is 10.0. The monoisotopic (exact) mass is 840 g/mol. The van der Waals surface area contributed by atoms with Crippen molar-refractivity contribution in [3.05, 3.63) is 138 Å². The van der Waals surface area contributed by atoms with E-state index in [4.69, 9.17) is 19.2 Å². The van der Waals surface area contributed by atoms with Gasteiger partial charge in [-0.3, -0.25) is 14.4 Å². The van der Waals surface area contributed by atoms with Crippen LogP contribution in [0.2, 0.25) is 0 Å². The van der Waals surface area contributed by atoms with Crippen LogP contribution in [0.3, 0.4) is 0 Å². The molecule has 2 fully saturated rings. The summed E-state index contributed by atoms with van der Waals surface area (Å²) in [6, 6.07) is 26.5. The molecule has 2 unspecified atom stereocenters. The first kappa shape index (κ1) is 41.4. The Bertz CT molecular complexity index is 2490. The van der Waals surface area contributed by atoms with Crippen molar-refractivity contribution in [1.29, 1.82) is 0 Å². The Morgan fingerprint density at radius 2 is 1.40 bits per heavy atom. The van der Waals surface area contributed by atoms with Crippen molar-refractivity contribution >= 4 is 52.3 Å². The molecule has 3 aliphatic heterocycles. The molecular weight excluding hydrogens is 793 g/mol. The topological polar surface area (TPSA) is 188 Å². The highest BCUT2D eigenvalue weighted by Gasteiger charge is 2.40. The number of hydrogen-bond donors (Lipinski definition) is 4. The highest BCUT2D eigenvalue weighted by atomic mass is 16.5. The number of fused-ring (bicyclic) bond motifs is 1. The second kappa shape index (κ2) is 18.1. The molecule has 1 aromatic heterocycles. The number of H-pyrrole nitrogens is 1. The van der Waals surface area contributed by atoms with Crippen LogP contribution in [0.15, 0.2) is 110 Å². The number of aromatic nitrogens is 2. The van der Waals surface area contributed by atoms with E-state index in [0.29, 0.717) is 55.0 Å². The molecule has 5 aromatic rings. The van der Waals surface area contributed by atoms with Gasteiger partial charge in [-0.25, -0.2) is 14.6 Å². The summed E-state index contributed by atoms with van der Waals surface area (Å²) in [5.41, 5.74) is 5.73. The van der Waals surface area contributed by atoms with Gasteiger partial charge >= 0.3 is 12.2 Å². The summed E-state index contributed by atoms with van der Waals surface area (Å²) >= 11 is 0. The van der Waals surface area contributed by atoms with Crippen molar-refractivity contribution in [3.63, 3.8) is 0 Å². The molecule has 2 saturated heterocycles. The lowest BCUT2D eigenvalue weighted by molar-refractivity contribution is -0.138. The number of ether oxygens (including phenoxy) is 3. The fourth-order valence-corrected chi connectivity index (χ4v) is 8.43. The number of methoxy groups -OCH3 is 2. The van der Waals surface area contributed by atoms with Crippen LogP contribution in [0.5, 0.6) is 0 Å². The predicted molar refractivity (Wildman–Crippen MR) is 229 cm³/mol. The molecule has 5 amide bonds. The van der Waals surface area contributed by atoms with Crippen LogP contribution < -0.4 is 20.9 Å². The van der Waals surface area contributed by atoms with Crippen molar-refractivity contribution in [2.45, 2.75) is 63.0 Å². The second-order valence-electron chi connectivity index (χ2n) is 15.4. The molecule has 4 aromatic carbocycles. The average Bonchev–Trinajstić information content (AvgIpc) is 4.15. The number of amides is 5. The van der Waals surface area contributed by atoms with E-state index < -0.39 is 42.4 Å². The number of nitrogens with one attached hydrogen (secondary N) is 4. The van der Waals surface area contributed by atoms with E-state index in [9.17, 15) is 24.0 Å². The Morgan fingerprint density at radius 3 is 2.06 bits per heavy atom. The standard InChI is InChI=1S/C46H48N8O8/c1-28-18-19-31(26-34(28)49-41(55)37-17-11-23-54(37)43(57)39(51-46(59)61-3)30-14-8-5-9-15-30)44-52(24-25-62-44)32-20-21-33-35(27-32)48-40(47-33)36-16-10-22-53(36)42(56)38(50-45(58)60-2)29-12-6-4-7-13-29/h4-9,12-15,18-21,24-27,36-39,44H,10-11,16-17,22-23H2,1-3H3,(H,47,48)(H,49,55)(H,50,58)(H,51,59)/t36?,37-,38+,39+,44?/m0/s1. The average molecular weight is 841 g/mol. The van der Waals surface area contributed by atoms with Crippen LogP contribution >= 0.6 is 0 Å². The van der Waals surface area contributed by atoms with E-state index in [2.05, 4.69) is 20.9 Å². The van der Waals surface area contributed by atoms with Crippen molar-refractivity contribution < 1.29 is 38.2 Å². The van der Waals surface area contributed by atoms with E-state index in [1.807, 2.05) is 78.7 Å². The van der Waals surface area contributed by atoms with E-state index in [0.717, 1.165) is 34.3 Å². The lowest BCUT2D eigenvalue weighted by Gasteiger charge is -2.29. The molecule has 4 N–H and O–H groups in total. The van der Waals surface area contributed by atoms with Gasteiger partial charge in [0.25, 0.3) is 11.8 Å². The number of nitrogens with zero attached hydrogens (tertiary/aromatic N) is 4. The number of likely N-dealkylation sites (tertiary alicyclic amines) is 2. The summed E-state index contributed by atoms with van der Waals surface area (Å²) in [7, 11) is 2.50. The summed E-state index contributed by atoms with van der Waals surface area (Å²) in [6.07, 6.45) is 4.01. The molecule has 5 atom stereocenters. The third kappa shape index (κ3) is 8.48. The van der Waals surface area contributed by atoms with Gasteiger partial charge in [-0.15, -0.1) is 0 Å². The number of carbonyl (C=O) groups is 5. The maximum absolute atomic E-state index is 14.1. The Labute approximate surface area is 358 Å². The number of aryl methyl sites for hydroxylation is 1. The number of anilines is 2. The molecule has 0 radical (unpaired) electrons. The van der Waals surface area contributed by atoms with Crippen molar-refractivity contribution in [3.8, 4) is 0 Å². The van der Waals surface area contributed by atoms with Gasteiger partial charge in [0.05, 0.1) is 31.3 Å². The summed E-state index contributed by atoms with van der Waals surface area (Å²) in [5, 5.41) is 8.42. The number of carbonyl (C=O) groups excluding carboxylic acids is 5. The Balaban J connectivity index is 0.982. The zero-order valence-corrected chi connectivity index (χ0v) is 34.6. The van der Waals surface area contributed by atoms with Gasteiger partial charge in [0.1, 0.15) is 30.2 Å². The van der Waals surface area contributed by atoms with Crippen LogP contribution in [0.25, 0.3) is 11.0 Å². The van der Waals surface area contributed by atoms with Crippen LogP contribution in [0, 0.1) is 6.92 Å². The number of rotatable bonds is 11. The molecule has 320 valence electrons. The van der Waals surface area contributed by atoms with E-state index in [1.54, 1.807) is 47.6 Å². The minimum absolute atomic E-state index is 0.250. The summed E-state index contributed by atoms with van der Waals surface area (Å²) < 4.78 is 15.8. The third-order valence-corrected chi connectivity index (χ3v) is 11.6. The molecule has 0 aliphatic carbocycles. The fourth-order valence-electron chi connectivity index (χ4n) is 8.43. The van der Waals surface area contributed by atoms with E-state index in [-0.39, 0.29) is 17.9 Å². The van der Waals surface area contributed by atoms with E-state index in [1.165, 1.54) is 19.1 Å². The normalized spacial score (nSPS) is 19.1. The Hall–Kier alpha value is -7.36. The molecule has 4 heterocycles. The van der Waals surface area contributed by atoms with Gasteiger partial charge in [-0.2, -0.15) is 0 Å². The zero-order valence-electron chi connectivity index (χ0n) is 34.6. The highest BCUT2D eigenvalue weighted by molar-refractivity contribution is 5.99. The SMILES string of the molecule is COC(=O)N[C@@H](C(=O)N1CCCC1c1nc2ccc(N3C=COC3c3ccc(C)c(NC(=O)[C@@H]4CCCN4C(=O)[C@H](NC(=O)OC)c4ccccc4)c3)cc2[nH]1)c1ccccc1. The smallest absolute Gasteiger partial charge is 0.407 e. The van der Waals surface area contributed by atoms with Crippen molar-refractivity contribution in [2.24, 2.45) is 0 Å². The molecule has 0 saturated carbocycles. The van der Waals surface area contributed by atoms with Gasteiger partial charge in [-0.05, 0) is 73.6 Å². The fraction of sp³-hybridized carbons (Fsp3) is 0.304. The van der Waals surface area contributed by atoms with Gasteiger partial charge in [0.15, 0.2) is 0 Å². The number of alkyl carbamates (subject to hydrolysis) is 2. The predicted octanol–water partition coefficient (Wildman–Crippen LogP) is 6.67. The molecular formula is C46H48N8O8. The van der Waals surface area contributed by atoms with Gasteiger partial charge < -0.3 is 49.8 Å². The van der Waals surface area contributed by atoms with Crippen LogP contribution in [0.4, 0.5) is 21.0 Å². The molecule has 0 bridgehead atoms. The quantitative estimate of drug-likeness (QED) is 0.112. The summed E-state index contributed by atoms with van der Waals surface area (Å²) in [4.78, 5) is 80.1. The van der Waals surface area contributed by atoms with Crippen LogP contribution in [-0.4, -0.2) is 83.0 Å². The largest absolute Gasteiger partial charge is 0.472 e. The van der Waals surface area contributed by atoms with Crippen molar-refractivity contribution in [2.75, 3.05) is 37.5 Å². The summed E-state index contributed by atoms with van der Waals surface area (Å²) in [6.45, 7) is 2.77. The first-order valence-electron chi connectivity index (χ1n) is 20.5. The van der Waals surface area contributed by atoms with Gasteiger partial charge in [0, 0.05) is 36.2 Å². The lowest BCUT2D eigenvalue weighted by Crippen LogP contribution is -2.48. The Kier molecular flexibility index (Phi) is 12.1. The minimum Gasteiger partial charge on any atom is -0.472 e. The number of benzene rings is 4. The number of aromatic amines is 1. The summed E-state index contributed by atoms with van der Waals surface area (Å²) in [5.74, 6) is -0.332. The molecule has 16 heteroatoms. The zero-order chi connectivity index (χ0) is 43.3. The third-order valence-electron chi connectivity index (χ3n) is 11.6. The molecule has 16 nitrogen and oxygen atoms in total. The number of hydrogen-bond acceptors (Lipinski definition) is 10. The van der Waals surface area contributed by atoms with Gasteiger partial charge in [0.2, 0.25) is 12.1 Å². The highest BCUT2D eigenvalue weighted by Crippen LogP contribution is 2.38. The second-order valence-corrected chi connectivity index (χ2v) is 15.4. The van der Waals surface area contributed by atoms with Crippen molar-refractivity contribution in [1.82, 2.24) is 30.4 Å². The number of imidazole rings is 1. The van der Waals surface area contributed by atoms with E-state index >= 15 is 0 Å². The first-order valence-corrected chi connectivity index (χ1v) is 20.5. The molecule has 8 rings (SSSR count). The molecule has 62 heavy (non-hydrogen) atoms. The Morgan fingerprint density at radius 1 is 0.774 bits per heavy atom. The minimum atomic E-state index is -1.02. The van der Waals surface area contributed by atoms with Crippen LogP contribution in [0.1, 0.15) is 78.1 Å². The maximum Gasteiger partial charge on any atom is 0.407 e. The van der Waals surface area contributed by atoms with Crippen LogP contribution in [-0.2, 0) is 28.6 Å². The molecule has 0 spiro atoms. The molecule has 3 aliphatic rings. The maximum atomic E-state index is 14.1.